The first-order valence-corrected chi connectivity index (χ1v) is 11.8. The number of carbonyl (C=O) groups is 1. The van der Waals surface area contributed by atoms with Crippen LogP contribution in [0.1, 0.15) is 63.4 Å². The number of nitrogens with zero attached hydrogens (tertiary/aromatic N) is 1. The van der Waals surface area contributed by atoms with Crippen molar-refractivity contribution >= 4 is 15.9 Å². The van der Waals surface area contributed by atoms with E-state index in [-0.39, 0.29) is 24.4 Å². The zero-order chi connectivity index (χ0) is 19.3. The Morgan fingerprint density at radius 2 is 1.59 bits per heavy atom. The second kappa shape index (κ2) is 9.20. The molecule has 150 valence electrons. The average molecular weight is 393 g/mol. The van der Waals surface area contributed by atoms with Crippen LogP contribution in [-0.4, -0.2) is 37.8 Å². The third kappa shape index (κ3) is 5.32. The van der Waals surface area contributed by atoms with Gasteiger partial charge in [0.05, 0.1) is 10.8 Å². The highest BCUT2D eigenvalue weighted by atomic mass is 32.2. The summed E-state index contributed by atoms with van der Waals surface area (Å²) in [6, 6.07) is 7.19. The molecule has 1 aliphatic carbocycles. The predicted molar refractivity (Wildman–Crippen MR) is 107 cm³/mol. The summed E-state index contributed by atoms with van der Waals surface area (Å²) in [5, 5.41) is 3.22. The molecule has 2 fully saturated rings. The number of amides is 1. The van der Waals surface area contributed by atoms with Crippen LogP contribution in [0, 0.1) is 12.8 Å². The highest BCUT2D eigenvalue weighted by Gasteiger charge is 2.33. The first-order chi connectivity index (χ1) is 13.0. The van der Waals surface area contributed by atoms with Crippen molar-refractivity contribution in [2.75, 3.05) is 13.1 Å². The fourth-order valence-electron chi connectivity index (χ4n) is 4.15. The number of piperidine rings is 1. The van der Waals surface area contributed by atoms with Gasteiger partial charge in [-0.3, -0.25) is 4.79 Å². The lowest BCUT2D eigenvalue weighted by Crippen LogP contribution is -2.47. The van der Waals surface area contributed by atoms with Crippen molar-refractivity contribution in [2.24, 2.45) is 5.92 Å². The van der Waals surface area contributed by atoms with Crippen molar-refractivity contribution in [3.8, 4) is 0 Å². The number of nitrogens with one attached hydrogen (secondary N) is 1. The Labute approximate surface area is 163 Å². The molecule has 1 amide bonds. The van der Waals surface area contributed by atoms with Crippen LogP contribution in [-0.2, 0) is 14.8 Å². The fraction of sp³-hybridized carbons (Fsp3) is 0.667. The number of benzene rings is 1. The summed E-state index contributed by atoms with van der Waals surface area (Å²) in [7, 11) is -3.54. The monoisotopic (exact) mass is 392 g/mol. The van der Waals surface area contributed by atoms with E-state index in [0.29, 0.717) is 11.4 Å². The van der Waals surface area contributed by atoms with E-state index in [4.69, 9.17) is 0 Å². The molecular weight excluding hydrogens is 360 g/mol. The molecule has 1 atom stereocenters. The molecule has 1 N–H and O–H groups in total. The lowest BCUT2D eigenvalue weighted by Gasteiger charge is -2.32. The van der Waals surface area contributed by atoms with Gasteiger partial charge in [0.2, 0.25) is 15.9 Å². The van der Waals surface area contributed by atoms with E-state index in [9.17, 15) is 13.2 Å². The Balaban J connectivity index is 1.62. The number of aryl methyl sites for hydroxylation is 1. The van der Waals surface area contributed by atoms with Gasteiger partial charge < -0.3 is 5.32 Å². The van der Waals surface area contributed by atoms with Gasteiger partial charge in [0.25, 0.3) is 0 Å². The zero-order valence-electron chi connectivity index (χ0n) is 16.3. The summed E-state index contributed by atoms with van der Waals surface area (Å²) in [6.07, 6.45) is 9.72. The van der Waals surface area contributed by atoms with Gasteiger partial charge in [-0.25, -0.2) is 8.42 Å². The molecule has 0 aromatic heterocycles. The molecular formula is C21H32N2O3S. The highest BCUT2D eigenvalue weighted by Crippen LogP contribution is 2.25. The maximum Gasteiger partial charge on any atom is 0.243 e. The number of sulfonamides is 1. The van der Waals surface area contributed by atoms with Crippen molar-refractivity contribution in [1.29, 1.82) is 0 Å². The number of hydrogen-bond donors (Lipinski definition) is 1. The summed E-state index contributed by atoms with van der Waals surface area (Å²) in [6.45, 7) is 2.71. The standard InChI is InChI=1S/C21H32N2O3S/c1-17-11-13-20(14-12-17)27(25,26)23-15-7-8-18(16-23)21(24)22-19-9-5-3-2-4-6-10-19/h11-14,18-19H,2-10,15-16H2,1H3,(H,22,24)/t18-/m0/s1. The molecule has 1 heterocycles. The molecule has 6 heteroatoms. The quantitative estimate of drug-likeness (QED) is 0.851. The van der Waals surface area contributed by atoms with Gasteiger partial charge in [0.1, 0.15) is 0 Å². The molecule has 1 aromatic rings. The van der Waals surface area contributed by atoms with E-state index in [1.165, 1.54) is 36.4 Å². The maximum atomic E-state index is 12.9. The van der Waals surface area contributed by atoms with E-state index in [0.717, 1.165) is 31.2 Å². The molecule has 0 spiro atoms. The average Bonchev–Trinajstić information content (AvgIpc) is 2.64. The van der Waals surface area contributed by atoms with Crippen LogP contribution in [0.2, 0.25) is 0 Å². The minimum Gasteiger partial charge on any atom is -0.353 e. The molecule has 27 heavy (non-hydrogen) atoms. The van der Waals surface area contributed by atoms with E-state index in [1.54, 1.807) is 12.1 Å². The molecule has 1 aliphatic heterocycles. The van der Waals surface area contributed by atoms with Gasteiger partial charge in [0.15, 0.2) is 0 Å². The van der Waals surface area contributed by atoms with Crippen molar-refractivity contribution in [1.82, 2.24) is 9.62 Å². The van der Waals surface area contributed by atoms with E-state index in [2.05, 4.69) is 5.32 Å². The molecule has 3 rings (SSSR count). The van der Waals surface area contributed by atoms with Crippen LogP contribution < -0.4 is 5.32 Å². The second-order valence-corrected chi connectivity index (χ2v) is 10.0. The smallest absolute Gasteiger partial charge is 0.243 e. The number of rotatable bonds is 4. The first-order valence-electron chi connectivity index (χ1n) is 10.3. The normalized spacial score (nSPS) is 23.4. The van der Waals surface area contributed by atoms with Gasteiger partial charge in [-0.05, 0) is 44.7 Å². The van der Waals surface area contributed by atoms with Crippen LogP contribution >= 0.6 is 0 Å². The third-order valence-corrected chi connectivity index (χ3v) is 7.74. The van der Waals surface area contributed by atoms with Gasteiger partial charge in [-0.2, -0.15) is 4.31 Å². The van der Waals surface area contributed by atoms with Gasteiger partial charge in [-0.1, -0.05) is 49.8 Å². The molecule has 0 radical (unpaired) electrons. The van der Waals surface area contributed by atoms with E-state index < -0.39 is 10.0 Å². The molecule has 1 aromatic carbocycles. The molecule has 0 unspecified atom stereocenters. The Hall–Kier alpha value is -1.40. The molecule has 1 saturated carbocycles. The van der Waals surface area contributed by atoms with Crippen LogP contribution in [0.25, 0.3) is 0 Å². The van der Waals surface area contributed by atoms with E-state index >= 15 is 0 Å². The summed E-state index contributed by atoms with van der Waals surface area (Å²) in [4.78, 5) is 13.1. The Morgan fingerprint density at radius 1 is 0.963 bits per heavy atom. The molecule has 1 saturated heterocycles. The summed E-state index contributed by atoms with van der Waals surface area (Å²) < 4.78 is 27.4. The molecule has 5 nitrogen and oxygen atoms in total. The highest BCUT2D eigenvalue weighted by molar-refractivity contribution is 7.89. The maximum absolute atomic E-state index is 12.9. The molecule has 2 aliphatic rings. The Bertz CT molecular complexity index is 722. The Kier molecular flexibility index (Phi) is 6.93. The summed E-state index contributed by atoms with van der Waals surface area (Å²) >= 11 is 0. The van der Waals surface area contributed by atoms with Crippen molar-refractivity contribution in [3.05, 3.63) is 29.8 Å². The van der Waals surface area contributed by atoms with Crippen LogP contribution in [0.5, 0.6) is 0 Å². The molecule has 0 bridgehead atoms. The lowest BCUT2D eigenvalue weighted by molar-refractivity contribution is -0.126. The fourth-order valence-corrected chi connectivity index (χ4v) is 5.68. The van der Waals surface area contributed by atoms with Gasteiger partial charge in [0, 0.05) is 19.1 Å². The van der Waals surface area contributed by atoms with Crippen molar-refractivity contribution in [3.63, 3.8) is 0 Å². The summed E-state index contributed by atoms with van der Waals surface area (Å²) in [5.74, 6) is -0.214. The second-order valence-electron chi connectivity index (χ2n) is 8.07. The van der Waals surface area contributed by atoms with E-state index in [1.807, 2.05) is 19.1 Å². The topological polar surface area (TPSA) is 66.5 Å². The zero-order valence-corrected chi connectivity index (χ0v) is 17.1. The van der Waals surface area contributed by atoms with Crippen LogP contribution in [0.3, 0.4) is 0 Å². The van der Waals surface area contributed by atoms with Crippen molar-refractivity contribution < 1.29 is 13.2 Å². The number of carbonyl (C=O) groups excluding carboxylic acids is 1. The minimum atomic E-state index is -3.54. The summed E-state index contributed by atoms with van der Waals surface area (Å²) in [5.41, 5.74) is 1.03. The van der Waals surface area contributed by atoms with Crippen molar-refractivity contribution in [2.45, 2.75) is 75.6 Å². The van der Waals surface area contributed by atoms with Crippen LogP contribution in [0.4, 0.5) is 0 Å². The lowest BCUT2D eigenvalue weighted by atomic mass is 9.94. The largest absolute Gasteiger partial charge is 0.353 e. The number of hydrogen-bond acceptors (Lipinski definition) is 3. The van der Waals surface area contributed by atoms with Crippen LogP contribution in [0.15, 0.2) is 29.2 Å². The minimum absolute atomic E-state index is 0.0318. The Morgan fingerprint density at radius 3 is 2.26 bits per heavy atom. The van der Waals surface area contributed by atoms with Gasteiger partial charge >= 0.3 is 0 Å². The predicted octanol–water partition coefficient (Wildman–Crippen LogP) is 3.62. The first kappa shape index (κ1) is 20.3. The third-order valence-electron chi connectivity index (χ3n) is 5.87. The SMILES string of the molecule is Cc1ccc(S(=O)(=O)N2CCC[C@H](C(=O)NC3CCCCCCC3)C2)cc1. The van der Waals surface area contributed by atoms with Gasteiger partial charge in [-0.15, -0.1) is 0 Å².